The van der Waals surface area contributed by atoms with Gasteiger partial charge in [0.15, 0.2) is 17.5 Å². The topological polar surface area (TPSA) is 105 Å². The summed E-state index contributed by atoms with van der Waals surface area (Å²) < 4.78 is 10.6. The Kier molecular flexibility index (Phi) is 6.67. The molecule has 1 aromatic rings. The summed E-state index contributed by atoms with van der Waals surface area (Å²) in [6.45, 7) is 2.70. The molecule has 0 saturated carbocycles. The van der Waals surface area contributed by atoms with E-state index in [4.69, 9.17) is 15.2 Å². The molecule has 0 bridgehead atoms. The molecule has 2 aliphatic heterocycles. The van der Waals surface area contributed by atoms with Gasteiger partial charge in [-0.25, -0.2) is 0 Å². The lowest BCUT2D eigenvalue weighted by molar-refractivity contribution is 0.0690. The van der Waals surface area contributed by atoms with Crippen molar-refractivity contribution in [1.29, 1.82) is 0 Å². The van der Waals surface area contributed by atoms with E-state index in [1.165, 1.54) is 0 Å². The van der Waals surface area contributed by atoms with Crippen LogP contribution in [0.5, 0.6) is 11.5 Å². The number of nitrogens with two attached hydrogens (primary N) is 1. The zero-order valence-corrected chi connectivity index (χ0v) is 16.5. The summed E-state index contributed by atoms with van der Waals surface area (Å²) in [5.74, 6) is 2.23. The molecule has 10 heteroatoms. The molecule has 0 atom stereocenters. The molecule has 0 unspecified atom stereocenters. The van der Waals surface area contributed by atoms with Gasteiger partial charge in [-0.15, -0.1) is 17.0 Å². The second-order valence-electron chi connectivity index (χ2n) is 5.63. The third-order valence-electron chi connectivity index (χ3n) is 4.18. The number of amides is 1. The highest BCUT2D eigenvalue weighted by molar-refractivity contribution is 8.93. The summed E-state index contributed by atoms with van der Waals surface area (Å²) in [5.41, 5.74) is 6.30. The number of hydrogen-bond acceptors (Lipinski definition) is 5. The number of fused-ring (bicyclic) bond motifs is 1. The number of aliphatic imine (C=N–C) groups is 2. The summed E-state index contributed by atoms with van der Waals surface area (Å²) in [6.07, 6.45) is 0. The first-order chi connectivity index (χ1) is 12.1. The Morgan fingerprint density at radius 1 is 1.08 bits per heavy atom. The van der Waals surface area contributed by atoms with E-state index >= 15 is 0 Å². The van der Waals surface area contributed by atoms with Gasteiger partial charge in [0.05, 0.1) is 0 Å². The Labute approximate surface area is 162 Å². The summed E-state index contributed by atoms with van der Waals surface area (Å²) in [4.78, 5) is 24.6. The minimum Gasteiger partial charge on any atom is -0.454 e. The Hall–Kier alpha value is -2.49. The molecule has 1 aromatic carbocycles. The van der Waals surface area contributed by atoms with Crippen LogP contribution >= 0.6 is 17.0 Å². The molecule has 0 radical (unpaired) electrons. The Balaban J connectivity index is 0.00000243. The van der Waals surface area contributed by atoms with Gasteiger partial charge in [0.2, 0.25) is 12.8 Å². The van der Waals surface area contributed by atoms with Gasteiger partial charge in [0.1, 0.15) is 0 Å². The summed E-state index contributed by atoms with van der Waals surface area (Å²) in [7, 11) is 3.30. The molecule has 0 aromatic heterocycles. The van der Waals surface area contributed by atoms with E-state index in [2.05, 4.69) is 15.3 Å². The number of nitrogens with one attached hydrogen (secondary N) is 1. The highest BCUT2D eigenvalue weighted by Crippen LogP contribution is 2.32. The molecule has 1 fully saturated rings. The molecule has 2 heterocycles. The zero-order valence-electron chi connectivity index (χ0n) is 14.8. The number of carbonyl (C=O) groups is 1. The minimum absolute atomic E-state index is 0. The monoisotopic (exact) mass is 426 g/mol. The highest BCUT2D eigenvalue weighted by atomic mass is 79.9. The Morgan fingerprint density at radius 2 is 1.73 bits per heavy atom. The predicted molar refractivity (Wildman–Crippen MR) is 104 cm³/mol. The van der Waals surface area contributed by atoms with Crippen LogP contribution in [0.25, 0.3) is 0 Å². The fourth-order valence-corrected chi connectivity index (χ4v) is 2.78. The van der Waals surface area contributed by atoms with E-state index in [-0.39, 0.29) is 29.7 Å². The zero-order chi connectivity index (χ0) is 17.8. The number of rotatable bonds is 1. The number of carbonyl (C=O) groups excluding carboxylic acids is 1. The normalized spacial score (nSPS) is 17.0. The van der Waals surface area contributed by atoms with Crippen molar-refractivity contribution < 1.29 is 14.3 Å². The fraction of sp³-hybridized carbons (Fsp3) is 0.438. The lowest BCUT2D eigenvalue weighted by atomic mass is 10.1. The van der Waals surface area contributed by atoms with Gasteiger partial charge in [0, 0.05) is 45.8 Å². The van der Waals surface area contributed by atoms with Crippen LogP contribution in [-0.4, -0.2) is 74.7 Å². The Bertz CT molecular complexity index is 716. The van der Waals surface area contributed by atoms with Gasteiger partial charge < -0.3 is 25.0 Å². The lowest BCUT2D eigenvalue weighted by Crippen LogP contribution is -2.55. The van der Waals surface area contributed by atoms with Crippen molar-refractivity contribution in [2.45, 2.75) is 0 Å². The van der Waals surface area contributed by atoms with Crippen LogP contribution in [0, 0.1) is 0 Å². The molecular formula is C16H23BrN6O3. The van der Waals surface area contributed by atoms with Gasteiger partial charge in [-0.05, 0) is 18.2 Å². The van der Waals surface area contributed by atoms with Crippen molar-refractivity contribution in [1.82, 2.24) is 15.1 Å². The van der Waals surface area contributed by atoms with Crippen LogP contribution in [0.3, 0.4) is 0 Å². The van der Waals surface area contributed by atoms with E-state index in [1.54, 1.807) is 32.3 Å². The molecule has 142 valence electrons. The lowest BCUT2D eigenvalue weighted by Gasteiger charge is -2.36. The highest BCUT2D eigenvalue weighted by Gasteiger charge is 2.25. The van der Waals surface area contributed by atoms with Crippen LogP contribution in [0.15, 0.2) is 28.2 Å². The number of guanidine groups is 2. The third-order valence-corrected chi connectivity index (χ3v) is 4.18. The standard InChI is InChI=1S/C16H22N6O3.BrH/c1-18-15(17)20-16(19-2)22-7-5-21(6-8-22)14(23)11-3-4-12-13(9-11)25-10-24-12;/h3-4,9H,5-8,10H2,1-2H3,(H3,17,18,19,20);1H. The van der Waals surface area contributed by atoms with Crippen molar-refractivity contribution in [3.05, 3.63) is 23.8 Å². The van der Waals surface area contributed by atoms with E-state index in [0.717, 1.165) is 0 Å². The van der Waals surface area contributed by atoms with Crippen molar-refractivity contribution in [2.24, 2.45) is 15.7 Å². The quantitative estimate of drug-likeness (QED) is 0.493. The summed E-state index contributed by atoms with van der Waals surface area (Å²) in [5, 5.41) is 2.96. The first-order valence-electron chi connectivity index (χ1n) is 8.02. The van der Waals surface area contributed by atoms with Crippen LogP contribution < -0.4 is 20.5 Å². The number of hydrogen-bond donors (Lipinski definition) is 2. The molecule has 0 aliphatic carbocycles. The summed E-state index contributed by atoms with van der Waals surface area (Å²) in [6, 6.07) is 5.27. The largest absolute Gasteiger partial charge is 0.454 e. The second kappa shape index (κ2) is 8.75. The van der Waals surface area contributed by atoms with E-state index in [9.17, 15) is 4.79 Å². The van der Waals surface area contributed by atoms with E-state index in [1.807, 2.05) is 9.80 Å². The summed E-state index contributed by atoms with van der Waals surface area (Å²) >= 11 is 0. The van der Waals surface area contributed by atoms with Gasteiger partial charge in [-0.2, -0.15) is 0 Å². The van der Waals surface area contributed by atoms with Crippen molar-refractivity contribution in [3.63, 3.8) is 0 Å². The average Bonchev–Trinajstić information content (AvgIpc) is 3.13. The number of halogens is 1. The molecule has 3 rings (SSSR count). The second-order valence-corrected chi connectivity index (χ2v) is 5.63. The molecule has 0 spiro atoms. The van der Waals surface area contributed by atoms with Crippen molar-refractivity contribution in [3.8, 4) is 11.5 Å². The van der Waals surface area contributed by atoms with E-state index in [0.29, 0.717) is 55.2 Å². The predicted octanol–water partition coefficient (Wildman–Crippen LogP) is 0.271. The maximum Gasteiger partial charge on any atom is 0.254 e. The number of piperazine rings is 1. The fourth-order valence-electron chi connectivity index (χ4n) is 2.78. The van der Waals surface area contributed by atoms with Gasteiger partial charge >= 0.3 is 0 Å². The van der Waals surface area contributed by atoms with Crippen LogP contribution in [0.1, 0.15) is 10.4 Å². The van der Waals surface area contributed by atoms with Crippen LogP contribution in [0.2, 0.25) is 0 Å². The molecule has 3 N–H and O–H groups in total. The van der Waals surface area contributed by atoms with Crippen LogP contribution in [-0.2, 0) is 0 Å². The van der Waals surface area contributed by atoms with Crippen LogP contribution in [0.4, 0.5) is 0 Å². The number of benzene rings is 1. The maximum atomic E-state index is 12.7. The molecule has 1 saturated heterocycles. The molecule has 1 amide bonds. The number of ether oxygens (including phenoxy) is 2. The molecular weight excluding hydrogens is 404 g/mol. The van der Waals surface area contributed by atoms with Gasteiger partial charge in [-0.1, -0.05) is 0 Å². The molecule has 9 nitrogen and oxygen atoms in total. The van der Waals surface area contributed by atoms with Crippen molar-refractivity contribution in [2.75, 3.05) is 47.1 Å². The molecule has 2 aliphatic rings. The van der Waals surface area contributed by atoms with Gasteiger partial charge in [-0.3, -0.25) is 20.1 Å². The molecule has 26 heavy (non-hydrogen) atoms. The Morgan fingerprint density at radius 3 is 2.38 bits per heavy atom. The smallest absolute Gasteiger partial charge is 0.254 e. The minimum atomic E-state index is -0.0180. The SMILES string of the molecule is Br.CN=C(N)NC(=NC)N1CCN(C(=O)c2ccc3c(c2)OCO3)CC1. The first kappa shape index (κ1) is 19.8. The maximum absolute atomic E-state index is 12.7. The third kappa shape index (κ3) is 4.18. The van der Waals surface area contributed by atoms with Gasteiger partial charge in [0.25, 0.3) is 5.91 Å². The first-order valence-corrected chi connectivity index (χ1v) is 8.02. The van der Waals surface area contributed by atoms with E-state index < -0.39 is 0 Å². The average molecular weight is 427 g/mol. The van der Waals surface area contributed by atoms with Crippen molar-refractivity contribution >= 4 is 34.8 Å². The number of nitrogens with zero attached hydrogens (tertiary/aromatic N) is 4.